The van der Waals surface area contributed by atoms with Gasteiger partial charge in [0.25, 0.3) is 5.91 Å². The van der Waals surface area contributed by atoms with E-state index in [2.05, 4.69) is 0 Å². The largest absolute Gasteiger partial charge is 0.496 e. The molecule has 1 aromatic carbocycles. The number of piperidine rings is 1. The van der Waals surface area contributed by atoms with Crippen molar-refractivity contribution in [3.05, 3.63) is 28.8 Å². The predicted molar refractivity (Wildman–Crippen MR) is 83.5 cm³/mol. The van der Waals surface area contributed by atoms with Crippen LogP contribution in [0.15, 0.2) is 18.2 Å². The first-order valence-electron chi connectivity index (χ1n) is 6.48. The number of nitrogens with two attached hydrogens (primary N) is 1. The molecule has 2 N–H and O–H groups in total. The van der Waals surface area contributed by atoms with E-state index in [1.807, 2.05) is 0 Å². The molecule has 4 nitrogen and oxygen atoms in total. The number of hydrogen-bond acceptors (Lipinski definition) is 3. The predicted octanol–water partition coefficient (Wildman–Crippen LogP) is 2.63. The highest BCUT2D eigenvalue weighted by atomic mass is 35.5. The lowest BCUT2D eigenvalue weighted by Gasteiger charge is -2.35. The van der Waals surface area contributed by atoms with E-state index in [9.17, 15) is 4.79 Å². The molecule has 1 fully saturated rings. The van der Waals surface area contributed by atoms with Gasteiger partial charge in [0.15, 0.2) is 0 Å². The highest BCUT2D eigenvalue weighted by molar-refractivity contribution is 7.80. The maximum absolute atomic E-state index is 12.7. The Bertz CT molecular complexity index is 536. The number of nitrogens with zero attached hydrogens (tertiary/aromatic N) is 1. The third-order valence-corrected chi connectivity index (χ3v) is 3.99. The second kappa shape index (κ2) is 6.41. The molecule has 1 atom stereocenters. The number of rotatable bonds is 3. The summed E-state index contributed by atoms with van der Waals surface area (Å²) in [7, 11) is 1.53. The molecule has 1 aliphatic rings. The number of hydrogen-bond donors (Lipinski definition) is 1. The van der Waals surface area contributed by atoms with Crippen LogP contribution in [0.1, 0.15) is 29.6 Å². The summed E-state index contributed by atoms with van der Waals surface area (Å²) < 4.78 is 5.24. The molecule has 6 heteroatoms. The van der Waals surface area contributed by atoms with Crippen LogP contribution in [0.5, 0.6) is 5.75 Å². The van der Waals surface area contributed by atoms with Crippen LogP contribution in [0, 0.1) is 0 Å². The molecule has 20 heavy (non-hydrogen) atoms. The van der Waals surface area contributed by atoms with Crippen LogP contribution in [0.25, 0.3) is 0 Å². The lowest BCUT2D eigenvalue weighted by atomic mass is 10.0. The van der Waals surface area contributed by atoms with Crippen molar-refractivity contribution >= 4 is 34.7 Å². The van der Waals surface area contributed by atoms with E-state index < -0.39 is 0 Å². The van der Waals surface area contributed by atoms with Gasteiger partial charge in [-0.1, -0.05) is 23.8 Å². The topological polar surface area (TPSA) is 55.6 Å². The molecule has 0 radical (unpaired) electrons. The summed E-state index contributed by atoms with van der Waals surface area (Å²) in [6, 6.07) is 4.82. The summed E-state index contributed by atoms with van der Waals surface area (Å²) in [5, 5.41) is 0.498. The van der Waals surface area contributed by atoms with Crippen molar-refractivity contribution in [3.8, 4) is 5.75 Å². The molecule has 1 saturated heterocycles. The molecule has 1 amide bonds. The lowest BCUT2D eigenvalue weighted by molar-refractivity contribution is 0.0678. The summed E-state index contributed by atoms with van der Waals surface area (Å²) >= 11 is 11.1. The Morgan fingerprint density at radius 2 is 2.25 bits per heavy atom. The minimum atomic E-state index is -0.185. The van der Waals surface area contributed by atoms with E-state index in [-0.39, 0.29) is 11.9 Å². The Kier molecular flexibility index (Phi) is 4.83. The third kappa shape index (κ3) is 3.04. The minimum absolute atomic E-state index is 0.137. The number of carbonyl (C=O) groups is 1. The third-order valence-electron chi connectivity index (χ3n) is 3.48. The second-order valence-electron chi connectivity index (χ2n) is 4.76. The van der Waals surface area contributed by atoms with E-state index in [0.717, 1.165) is 19.3 Å². The van der Waals surface area contributed by atoms with Crippen LogP contribution in [-0.2, 0) is 0 Å². The summed E-state index contributed by atoms with van der Waals surface area (Å²) in [6.45, 7) is 0.649. The van der Waals surface area contributed by atoms with Gasteiger partial charge in [-0.05, 0) is 37.5 Å². The number of carbonyl (C=O) groups excluding carboxylic acids is 1. The minimum Gasteiger partial charge on any atom is -0.496 e. The Morgan fingerprint density at radius 1 is 1.50 bits per heavy atom. The van der Waals surface area contributed by atoms with E-state index in [1.165, 1.54) is 7.11 Å². The average molecular weight is 313 g/mol. The van der Waals surface area contributed by atoms with Crippen LogP contribution in [0.4, 0.5) is 0 Å². The summed E-state index contributed by atoms with van der Waals surface area (Å²) in [6.07, 6.45) is 2.79. The van der Waals surface area contributed by atoms with Gasteiger partial charge in [-0.15, -0.1) is 0 Å². The quantitative estimate of drug-likeness (QED) is 0.872. The van der Waals surface area contributed by atoms with E-state index in [4.69, 9.17) is 34.3 Å². The van der Waals surface area contributed by atoms with Crippen molar-refractivity contribution in [3.63, 3.8) is 0 Å². The molecule has 0 spiro atoms. The van der Waals surface area contributed by atoms with Gasteiger partial charge in [0, 0.05) is 11.6 Å². The fraction of sp³-hybridized carbons (Fsp3) is 0.429. The molecule has 2 rings (SSSR count). The van der Waals surface area contributed by atoms with Gasteiger partial charge in [0.05, 0.1) is 23.7 Å². The fourth-order valence-electron chi connectivity index (χ4n) is 2.47. The number of ether oxygens (including phenoxy) is 1. The van der Waals surface area contributed by atoms with Crippen LogP contribution >= 0.6 is 23.8 Å². The Hall–Kier alpha value is -1.33. The maximum atomic E-state index is 12.7. The zero-order valence-electron chi connectivity index (χ0n) is 11.3. The Labute approximate surface area is 128 Å². The van der Waals surface area contributed by atoms with Gasteiger partial charge in [-0.25, -0.2) is 0 Å². The van der Waals surface area contributed by atoms with Crippen LogP contribution in [0.3, 0.4) is 0 Å². The molecule has 1 aromatic rings. The van der Waals surface area contributed by atoms with Crippen molar-refractivity contribution in [2.24, 2.45) is 5.73 Å². The summed E-state index contributed by atoms with van der Waals surface area (Å²) in [5.41, 5.74) is 6.20. The number of benzene rings is 1. The van der Waals surface area contributed by atoms with Crippen molar-refractivity contribution in [2.75, 3.05) is 13.7 Å². The van der Waals surface area contributed by atoms with Gasteiger partial charge in [-0.2, -0.15) is 0 Å². The van der Waals surface area contributed by atoms with Gasteiger partial charge in [0.1, 0.15) is 5.75 Å². The maximum Gasteiger partial charge on any atom is 0.258 e. The van der Waals surface area contributed by atoms with Crippen molar-refractivity contribution in [1.29, 1.82) is 0 Å². The Morgan fingerprint density at radius 3 is 2.90 bits per heavy atom. The SMILES string of the molecule is COc1ccc(Cl)cc1C(=O)N1CCCCC1C(N)=S. The number of methoxy groups -OCH3 is 1. The fourth-order valence-corrected chi connectivity index (χ4v) is 2.89. The average Bonchev–Trinajstić information content (AvgIpc) is 2.46. The molecule has 108 valence electrons. The molecule has 0 saturated carbocycles. The molecule has 1 heterocycles. The number of likely N-dealkylation sites (tertiary alicyclic amines) is 1. The van der Waals surface area contributed by atoms with Gasteiger partial charge in [-0.3, -0.25) is 4.79 Å². The molecular formula is C14H17ClN2O2S. The van der Waals surface area contributed by atoms with E-state index in [1.54, 1.807) is 23.1 Å². The molecular weight excluding hydrogens is 296 g/mol. The van der Waals surface area contributed by atoms with E-state index >= 15 is 0 Å². The molecule has 0 aliphatic carbocycles. The second-order valence-corrected chi connectivity index (χ2v) is 5.66. The highest BCUT2D eigenvalue weighted by Crippen LogP contribution is 2.27. The normalized spacial score (nSPS) is 18.7. The summed E-state index contributed by atoms with van der Waals surface area (Å²) in [4.78, 5) is 14.8. The molecule has 0 aromatic heterocycles. The van der Waals surface area contributed by atoms with Crippen molar-refractivity contribution in [2.45, 2.75) is 25.3 Å². The van der Waals surface area contributed by atoms with Gasteiger partial charge >= 0.3 is 0 Å². The van der Waals surface area contributed by atoms with Crippen molar-refractivity contribution in [1.82, 2.24) is 4.90 Å². The summed E-state index contributed by atoms with van der Waals surface area (Å²) in [5.74, 6) is 0.369. The first-order valence-corrected chi connectivity index (χ1v) is 7.27. The van der Waals surface area contributed by atoms with E-state index in [0.29, 0.717) is 27.9 Å². The van der Waals surface area contributed by atoms with Crippen LogP contribution in [-0.4, -0.2) is 35.5 Å². The van der Waals surface area contributed by atoms with Crippen molar-refractivity contribution < 1.29 is 9.53 Å². The van der Waals surface area contributed by atoms with Crippen LogP contribution in [0.2, 0.25) is 5.02 Å². The number of amides is 1. The highest BCUT2D eigenvalue weighted by Gasteiger charge is 2.30. The first kappa shape index (κ1) is 15.1. The van der Waals surface area contributed by atoms with Gasteiger partial charge < -0.3 is 15.4 Å². The van der Waals surface area contributed by atoms with Crippen LogP contribution < -0.4 is 10.5 Å². The molecule has 0 bridgehead atoms. The molecule has 1 aliphatic heterocycles. The smallest absolute Gasteiger partial charge is 0.258 e. The number of thiocarbonyl (C=S) groups is 1. The number of halogens is 1. The zero-order valence-corrected chi connectivity index (χ0v) is 12.8. The monoisotopic (exact) mass is 312 g/mol. The molecule has 1 unspecified atom stereocenters. The van der Waals surface area contributed by atoms with Gasteiger partial charge in [0.2, 0.25) is 0 Å². The standard InChI is InChI=1S/C14H17ClN2O2S/c1-19-12-6-5-9(15)8-10(12)14(18)17-7-3-2-4-11(17)13(16)20/h5-6,8,11H,2-4,7H2,1H3,(H2,16,20). The zero-order chi connectivity index (χ0) is 14.7. The lowest BCUT2D eigenvalue weighted by Crippen LogP contribution is -2.49. The first-order chi connectivity index (χ1) is 9.54. The Balaban J connectivity index is 2.34.